The van der Waals surface area contributed by atoms with Crippen molar-refractivity contribution in [1.82, 2.24) is 9.97 Å². The molecular formula is C26H36ClN7O. The van der Waals surface area contributed by atoms with Gasteiger partial charge in [-0.05, 0) is 52.0 Å². The van der Waals surface area contributed by atoms with Crippen LogP contribution in [0.2, 0.25) is 5.02 Å². The van der Waals surface area contributed by atoms with Gasteiger partial charge in [0, 0.05) is 75.4 Å². The number of piperidine rings is 1. The van der Waals surface area contributed by atoms with Crippen LogP contribution >= 0.6 is 11.6 Å². The molecule has 3 aliphatic rings. The molecule has 2 aromatic heterocycles. The number of anilines is 4. The average molecular weight is 498 g/mol. The first-order chi connectivity index (χ1) is 16.9. The van der Waals surface area contributed by atoms with Crippen molar-refractivity contribution in [3.05, 3.63) is 35.0 Å². The fourth-order valence-electron chi connectivity index (χ4n) is 5.69. The number of carbonyl (C=O) groups excluding carboxylic acids is 1. The van der Waals surface area contributed by atoms with E-state index in [2.05, 4.69) is 50.6 Å². The van der Waals surface area contributed by atoms with Gasteiger partial charge in [-0.3, -0.25) is 4.79 Å². The fourth-order valence-corrected chi connectivity index (χ4v) is 5.98. The highest BCUT2D eigenvalue weighted by molar-refractivity contribution is 6.33. The molecule has 3 aliphatic heterocycles. The number of halogens is 1. The van der Waals surface area contributed by atoms with Crippen molar-refractivity contribution in [3.8, 4) is 0 Å². The highest BCUT2D eigenvalue weighted by Crippen LogP contribution is 2.34. The van der Waals surface area contributed by atoms with E-state index in [1.807, 2.05) is 0 Å². The minimum Gasteiger partial charge on any atom is -0.366 e. The Labute approximate surface area is 213 Å². The van der Waals surface area contributed by atoms with Crippen LogP contribution < -0.4 is 25.3 Å². The van der Waals surface area contributed by atoms with Crippen LogP contribution in [0.1, 0.15) is 56.3 Å². The van der Waals surface area contributed by atoms with Crippen molar-refractivity contribution in [2.24, 2.45) is 5.73 Å². The molecule has 0 aliphatic carbocycles. The van der Waals surface area contributed by atoms with E-state index in [0.717, 1.165) is 50.9 Å². The standard InChI is InChI=1S/C26H36ClN7O/c1-18-7-6-10-34(18)24-15-21(14-23(30-24)31-8-4-3-5-9-31)33-12-11-32(17-19(33)2)26-22(27)13-20(16-29-26)25(28)35/h13-16,18-19H,3-12,17H2,1-2H3,(H2,28,35)/t18-,19+/m0/s1. The second-order valence-corrected chi connectivity index (χ2v) is 10.6. The summed E-state index contributed by atoms with van der Waals surface area (Å²) in [6, 6.07) is 6.97. The lowest BCUT2D eigenvalue weighted by atomic mass is 10.1. The van der Waals surface area contributed by atoms with E-state index in [4.69, 9.17) is 22.3 Å². The summed E-state index contributed by atoms with van der Waals surface area (Å²) < 4.78 is 0. The van der Waals surface area contributed by atoms with Gasteiger partial charge in [0.1, 0.15) is 17.5 Å². The lowest BCUT2D eigenvalue weighted by molar-refractivity contribution is 0.1000. The SMILES string of the molecule is C[C@@H]1CN(c2ncc(C(N)=O)cc2Cl)CCN1c1cc(N2CCCCC2)nc(N2CCC[C@@H]2C)c1. The first-order valence-corrected chi connectivity index (χ1v) is 13.3. The van der Waals surface area contributed by atoms with Gasteiger partial charge in [0.15, 0.2) is 0 Å². The average Bonchev–Trinajstić information content (AvgIpc) is 3.30. The van der Waals surface area contributed by atoms with Crippen molar-refractivity contribution < 1.29 is 4.79 Å². The molecule has 1 amide bonds. The number of amides is 1. The molecule has 5 rings (SSSR count). The van der Waals surface area contributed by atoms with E-state index >= 15 is 0 Å². The molecular weight excluding hydrogens is 462 g/mol. The summed E-state index contributed by atoms with van der Waals surface area (Å²) >= 11 is 6.48. The number of carbonyl (C=O) groups is 1. The summed E-state index contributed by atoms with van der Waals surface area (Å²) in [6.07, 6.45) is 7.74. The Hall–Kier alpha value is -2.74. The van der Waals surface area contributed by atoms with Crippen LogP contribution in [0.15, 0.2) is 24.4 Å². The molecule has 0 bridgehead atoms. The zero-order valence-corrected chi connectivity index (χ0v) is 21.5. The Bertz CT molecular complexity index is 1070. The summed E-state index contributed by atoms with van der Waals surface area (Å²) in [4.78, 5) is 30.7. The normalized spacial score (nSPS) is 23.2. The zero-order valence-electron chi connectivity index (χ0n) is 20.8. The van der Waals surface area contributed by atoms with Gasteiger partial charge >= 0.3 is 0 Å². The topological polar surface area (TPSA) is 81.8 Å². The van der Waals surface area contributed by atoms with Crippen LogP contribution in [0.5, 0.6) is 0 Å². The largest absolute Gasteiger partial charge is 0.366 e. The first-order valence-electron chi connectivity index (χ1n) is 12.9. The van der Waals surface area contributed by atoms with Crippen molar-refractivity contribution in [3.63, 3.8) is 0 Å². The predicted molar refractivity (Wildman–Crippen MR) is 143 cm³/mol. The molecule has 3 saturated heterocycles. The summed E-state index contributed by atoms with van der Waals surface area (Å²) in [6.45, 7) is 10.2. The van der Waals surface area contributed by atoms with E-state index in [1.54, 1.807) is 6.07 Å². The number of nitrogens with two attached hydrogens (primary N) is 1. The van der Waals surface area contributed by atoms with Crippen molar-refractivity contribution in [2.45, 2.75) is 58.0 Å². The van der Waals surface area contributed by atoms with E-state index in [0.29, 0.717) is 22.4 Å². The number of hydrogen-bond donors (Lipinski definition) is 1. The van der Waals surface area contributed by atoms with Gasteiger partial charge < -0.3 is 25.3 Å². The fraction of sp³-hybridized carbons (Fsp3) is 0.577. The molecule has 0 radical (unpaired) electrons. The molecule has 2 aromatic rings. The molecule has 5 heterocycles. The van der Waals surface area contributed by atoms with E-state index in [9.17, 15) is 4.79 Å². The third-order valence-corrected chi connectivity index (χ3v) is 7.95. The molecule has 2 atom stereocenters. The van der Waals surface area contributed by atoms with Gasteiger partial charge in [0.2, 0.25) is 5.91 Å². The maximum absolute atomic E-state index is 11.5. The second kappa shape index (κ2) is 10.1. The molecule has 0 aromatic carbocycles. The maximum Gasteiger partial charge on any atom is 0.250 e. The van der Waals surface area contributed by atoms with Gasteiger partial charge in [-0.15, -0.1) is 0 Å². The summed E-state index contributed by atoms with van der Waals surface area (Å²) in [5, 5.41) is 0.462. The molecule has 0 spiro atoms. The Morgan fingerprint density at radius 2 is 1.69 bits per heavy atom. The van der Waals surface area contributed by atoms with E-state index < -0.39 is 5.91 Å². The monoisotopic (exact) mass is 497 g/mol. The van der Waals surface area contributed by atoms with E-state index in [1.165, 1.54) is 44.0 Å². The Morgan fingerprint density at radius 1 is 0.914 bits per heavy atom. The highest BCUT2D eigenvalue weighted by atomic mass is 35.5. The summed E-state index contributed by atoms with van der Waals surface area (Å²) in [5.74, 6) is 2.40. The summed E-state index contributed by atoms with van der Waals surface area (Å²) in [5.41, 5.74) is 6.95. The third kappa shape index (κ3) is 4.99. The predicted octanol–water partition coefficient (Wildman–Crippen LogP) is 3.92. The smallest absolute Gasteiger partial charge is 0.250 e. The maximum atomic E-state index is 11.5. The molecule has 0 saturated carbocycles. The van der Waals surface area contributed by atoms with Crippen LogP contribution in [0, 0.1) is 0 Å². The molecule has 8 nitrogen and oxygen atoms in total. The van der Waals surface area contributed by atoms with Gasteiger partial charge in [-0.25, -0.2) is 9.97 Å². The molecule has 35 heavy (non-hydrogen) atoms. The molecule has 188 valence electrons. The van der Waals surface area contributed by atoms with Crippen molar-refractivity contribution in [2.75, 3.05) is 58.9 Å². The van der Waals surface area contributed by atoms with Crippen LogP contribution in [-0.2, 0) is 0 Å². The van der Waals surface area contributed by atoms with Gasteiger partial charge in [-0.2, -0.15) is 0 Å². The van der Waals surface area contributed by atoms with Crippen LogP contribution in [0.4, 0.5) is 23.1 Å². The number of nitrogens with zero attached hydrogens (tertiary/aromatic N) is 6. The number of rotatable bonds is 5. The first kappa shape index (κ1) is 24.0. The van der Waals surface area contributed by atoms with Crippen molar-refractivity contribution in [1.29, 1.82) is 0 Å². The second-order valence-electron chi connectivity index (χ2n) is 10.2. The van der Waals surface area contributed by atoms with Gasteiger partial charge in [0.25, 0.3) is 0 Å². The highest BCUT2D eigenvalue weighted by Gasteiger charge is 2.29. The molecule has 2 N–H and O–H groups in total. The van der Waals surface area contributed by atoms with Crippen LogP contribution in [0.3, 0.4) is 0 Å². The van der Waals surface area contributed by atoms with Crippen LogP contribution in [0.25, 0.3) is 0 Å². The van der Waals surface area contributed by atoms with Crippen molar-refractivity contribution >= 4 is 40.6 Å². The van der Waals surface area contributed by atoms with E-state index in [-0.39, 0.29) is 6.04 Å². The quantitative estimate of drug-likeness (QED) is 0.670. The van der Waals surface area contributed by atoms with Gasteiger partial charge in [-0.1, -0.05) is 11.6 Å². The third-order valence-electron chi connectivity index (χ3n) is 7.68. The number of piperazine rings is 1. The lowest BCUT2D eigenvalue weighted by Gasteiger charge is -2.42. The lowest BCUT2D eigenvalue weighted by Crippen LogP contribution is -2.52. The van der Waals surface area contributed by atoms with Gasteiger partial charge in [0.05, 0.1) is 10.6 Å². The minimum absolute atomic E-state index is 0.262. The molecule has 0 unspecified atom stereocenters. The summed E-state index contributed by atoms with van der Waals surface area (Å²) in [7, 11) is 0. The number of hydrogen-bond acceptors (Lipinski definition) is 7. The number of primary amides is 1. The number of aromatic nitrogens is 2. The Balaban J connectivity index is 1.40. The molecule has 3 fully saturated rings. The Kier molecular flexibility index (Phi) is 6.91. The zero-order chi connectivity index (χ0) is 24.5. The number of pyridine rings is 2. The Morgan fingerprint density at radius 3 is 2.34 bits per heavy atom. The molecule has 9 heteroatoms. The minimum atomic E-state index is -0.519. The van der Waals surface area contributed by atoms with Crippen LogP contribution in [-0.4, -0.2) is 67.2 Å².